The lowest BCUT2D eigenvalue weighted by Gasteiger charge is -2.18. The summed E-state index contributed by atoms with van der Waals surface area (Å²) in [5.74, 6) is 1.18. The van der Waals surface area contributed by atoms with Crippen LogP contribution < -0.4 is 5.32 Å². The van der Waals surface area contributed by atoms with Crippen LogP contribution in [0.25, 0.3) is 0 Å². The maximum atomic E-state index is 11.8. The second-order valence-corrected chi connectivity index (χ2v) is 10.1. The van der Waals surface area contributed by atoms with E-state index in [0.717, 1.165) is 30.8 Å². The van der Waals surface area contributed by atoms with Gasteiger partial charge in [0.1, 0.15) is 5.69 Å². The number of nitrogens with zero attached hydrogens (tertiary/aromatic N) is 3. The molecule has 0 bridgehead atoms. The first-order valence-electron chi connectivity index (χ1n) is 8.99. The van der Waals surface area contributed by atoms with E-state index >= 15 is 0 Å². The zero-order chi connectivity index (χ0) is 18.9. The Morgan fingerprint density at radius 3 is 2.60 bits per heavy atom. The molecule has 0 saturated heterocycles. The van der Waals surface area contributed by atoms with E-state index < -0.39 is 0 Å². The zero-order valence-corrected chi connectivity index (χ0v) is 17.4. The lowest BCUT2D eigenvalue weighted by Crippen LogP contribution is -2.25. The number of thioether (sulfide) groups is 1. The van der Waals surface area contributed by atoms with Crippen LogP contribution >= 0.6 is 11.8 Å². The van der Waals surface area contributed by atoms with Crippen LogP contribution in [0.2, 0.25) is 0 Å². The quantitative estimate of drug-likeness (QED) is 0.639. The highest BCUT2D eigenvalue weighted by molar-refractivity contribution is 8.00. The summed E-state index contributed by atoms with van der Waals surface area (Å²) in [6.45, 7) is 14.6. The SMILES string of the molecule is CC(C)(C)OCc1cn(CCCC(=O)NCCCSC(C)(C)C)nn1. The molecule has 1 rings (SSSR count). The van der Waals surface area contributed by atoms with Crippen LogP contribution in [0.4, 0.5) is 0 Å². The second kappa shape index (κ2) is 10.2. The lowest BCUT2D eigenvalue weighted by atomic mass is 10.2. The van der Waals surface area contributed by atoms with Crippen molar-refractivity contribution in [2.24, 2.45) is 0 Å². The predicted molar refractivity (Wildman–Crippen MR) is 104 cm³/mol. The lowest BCUT2D eigenvalue weighted by molar-refractivity contribution is -0.121. The minimum Gasteiger partial charge on any atom is -0.369 e. The summed E-state index contributed by atoms with van der Waals surface area (Å²) in [7, 11) is 0. The van der Waals surface area contributed by atoms with Crippen LogP contribution in [0.3, 0.4) is 0 Å². The molecule has 0 aliphatic rings. The minimum absolute atomic E-state index is 0.108. The highest BCUT2D eigenvalue weighted by atomic mass is 32.2. The van der Waals surface area contributed by atoms with Crippen LogP contribution in [0, 0.1) is 0 Å². The van der Waals surface area contributed by atoms with Crippen LogP contribution in [0.5, 0.6) is 0 Å². The molecule has 0 spiro atoms. The Balaban J connectivity index is 2.12. The van der Waals surface area contributed by atoms with Crippen molar-refractivity contribution in [3.05, 3.63) is 11.9 Å². The Kier molecular flexibility index (Phi) is 8.93. The summed E-state index contributed by atoms with van der Waals surface area (Å²) in [6, 6.07) is 0. The summed E-state index contributed by atoms with van der Waals surface area (Å²) >= 11 is 1.93. The van der Waals surface area contributed by atoms with Crippen LogP contribution in [0.1, 0.15) is 66.5 Å². The first-order valence-corrected chi connectivity index (χ1v) is 9.97. The highest BCUT2D eigenvalue weighted by Gasteiger charge is 2.12. The first-order chi connectivity index (χ1) is 11.6. The smallest absolute Gasteiger partial charge is 0.220 e. The van der Waals surface area contributed by atoms with Gasteiger partial charge in [0.05, 0.1) is 18.4 Å². The summed E-state index contributed by atoms with van der Waals surface area (Å²) in [5.41, 5.74) is 0.628. The van der Waals surface area contributed by atoms with Crippen molar-refractivity contribution in [3.63, 3.8) is 0 Å². The number of hydrogen-bond donors (Lipinski definition) is 1. The molecular formula is C18H34N4O2S. The van der Waals surface area contributed by atoms with Crippen LogP contribution in [-0.2, 0) is 22.7 Å². The number of hydrogen-bond acceptors (Lipinski definition) is 5. The first kappa shape index (κ1) is 22.0. The van der Waals surface area contributed by atoms with Gasteiger partial charge in [0.2, 0.25) is 5.91 Å². The highest BCUT2D eigenvalue weighted by Crippen LogP contribution is 2.23. The molecule has 0 fully saturated rings. The Labute approximate surface area is 156 Å². The topological polar surface area (TPSA) is 69.0 Å². The monoisotopic (exact) mass is 370 g/mol. The van der Waals surface area contributed by atoms with E-state index in [1.54, 1.807) is 4.68 Å². The molecule has 1 heterocycles. The number of aryl methyl sites for hydroxylation is 1. The largest absolute Gasteiger partial charge is 0.369 e. The average Bonchev–Trinajstić information content (AvgIpc) is 2.91. The summed E-state index contributed by atoms with van der Waals surface area (Å²) in [6.07, 6.45) is 4.16. The number of ether oxygens (including phenoxy) is 1. The van der Waals surface area contributed by atoms with Crippen molar-refractivity contribution in [1.29, 1.82) is 0 Å². The fourth-order valence-electron chi connectivity index (χ4n) is 1.97. The van der Waals surface area contributed by atoms with E-state index in [0.29, 0.717) is 24.3 Å². The number of carbonyl (C=O) groups excluding carboxylic acids is 1. The number of nitrogens with one attached hydrogen (secondary N) is 1. The summed E-state index contributed by atoms with van der Waals surface area (Å²) < 4.78 is 7.74. The van der Waals surface area contributed by atoms with Gasteiger partial charge in [0, 0.05) is 24.3 Å². The van der Waals surface area contributed by atoms with Crippen molar-refractivity contribution >= 4 is 17.7 Å². The molecule has 0 unspecified atom stereocenters. The van der Waals surface area contributed by atoms with Gasteiger partial charge in [0.25, 0.3) is 0 Å². The Hall–Kier alpha value is -1.08. The van der Waals surface area contributed by atoms with Gasteiger partial charge in [-0.2, -0.15) is 11.8 Å². The zero-order valence-electron chi connectivity index (χ0n) is 16.6. The molecule has 0 radical (unpaired) electrons. The summed E-state index contributed by atoms with van der Waals surface area (Å²) in [4.78, 5) is 11.8. The number of aromatic nitrogens is 3. The van der Waals surface area contributed by atoms with Gasteiger partial charge < -0.3 is 10.1 Å². The van der Waals surface area contributed by atoms with Crippen molar-refractivity contribution in [1.82, 2.24) is 20.3 Å². The van der Waals surface area contributed by atoms with Crippen molar-refractivity contribution < 1.29 is 9.53 Å². The van der Waals surface area contributed by atoms with Gasteiger partial charge in [0.15, 0.2) is 0 Å². The van der Waals surface area contributed by atoms with E-state index in [9.17, 15) is 4.79 Å². The van der Waals surface area contributed by atoms with Crippen molar-refractivity contribution in [2.75, 3.05) is 12.3 Å². The average molecular weight is 371 g/mol. The van der Waals surface area contributed by atoms with E-state index in [4.69, 9.17) is 4.74 Å². The third-order valence-corrected chi connectivity index (χ3v) is 4.57. The Bertz CT molecular complexity index is 518. The fourth-order valence-corrected chi connectivity index (χ4v) is 2.87. The predicted octanol–water partition coefficient (Wildman–Crippen LogP) is 3.41. The molecule has 0 aliphatic carbocycles. The molecule has 144 valence electrons. The van der Waals surface area contributed by atoms with Gasteiger partial charge in [-0.15, -0.1) is 5.10 Å². The third kappa shape index (κ3) is 12.0. The molecule has 1 N–H and O–H groups in total. The molecule has 25 heavy (non-hydrogen) atoms. The van der Waals surface area contributed by atoms with E-state index in [1.165, 1.54) is 0 Å². The molecule has 0 aliphatic heterocycles. The van der Waals surface area contributed by atoms with E-state index in [2.05, 4.69) is 36.4 Å². The van der Waals surface area contributed by atoms with Gasteiger partial charge in [-0.1, -0.05) is 26.0 Å². The molecule has 0 saturated carbocycles. The van der Waals surface area contributed by atoms with Gasteiger partial charge in [-0.25, -0.2) is 0 Å². The standard InChI is InChI=1S/C18H34N4O2S/c1-17(2,3)24-14-15-13-22(21-20-15)11-7-9-16(23)19-10-8-12-25-18(4,5)6/h13H,7-12,14H2,1-6H3,(H,19,23). The summed E-state index contributed by atoms with van der Waals surface area (Å²) in [5, 5.41) is 11.1. The molecule has 1 aromatic rings. The number of amides is 1. The van der Waals surface area contributed by atoms with Gasteiger partial charge >= 0.3 is 0 Å². The fraction of sp³-hybridized carbons (Fsp3) is 0.833. The molecule has 0 atom stereocenters. The van der Waals surface area contributed by atoms with E-state index in [1.807, 2.05) is 38.7 Å². The number of rotatable bonds is 10. The van der Waals surface area contributed by atoms with Crippen molar-refractivity contribution in [3.8, 4) is 0 Å². The van der Waals surface area contributed by atoms with Gasteiger partial charge in [-0.05, 0) is 39.4 Å². The molecule has 0 aromatic carbocycles. The van der Waals surface area contributed by atoms with Gasteiger partial charge in [-0.3, -0.25) is 9.48 Å². The van der Waals surface area contributed by atoms with Crippen LogP contribution in [0.15, 0.2) is 6.20 Å². The normalized spacial score (nSPS) is 12.4. The van der Waals surface area contributed by atoms with Crippen molar-refractivity contribution in [2.45, 2.75) is 84.3 Å². The van der Waals surface area contributed by atoms with Crippen LogP contribution in [-0.4, -0.2) is 43.5 Å². The van der Waals surface area contributed by atoms with E-state index in [-0.39, 0.29) is 11.5 Å². The molecule has 6 nitrogen and oxygen atoms in total. The Morgan fingerprint density at radius 1 is 1.24 bits per heavy atom. The molecule has 1 aromatic heterocycles. The molecule has 7 heteroatoms. The minimum atomic E-state index is -0.187. The third-order valence-electron chi connectivity index (χ3n) is 3.21. The number of carbonyl (C=O) groups is 1. The molecular weight excluding hydrogens is 336 g/mol. The second-order valence-electron chi connectivity index (χ2n) is 8.14. The maximum Gasteiger partial charge on any atom is 0.220 e. The molecule has 1 amide bonds. The maximum absolute atomic E-state index is 11.8. The Morgan fingerprint density at radius 2 is 1.96 bits per heavy atom.